The van der Waals surface area contributed by atoms with Crippen LogP contribution in [0.25, 0.3) is 0 Å². The Kier molecular flexibility index (Phi) is 3.88. The number of hydrogen-bond donors (Lipinski definition) is 2. The lowest BCUT2D eigenvalue weighted by Gasteiger charge is -2.30. The molecule has 0 aliphatic heterocycles. The maximum absolute atomic E-state index is 9.62. The van der Waals surface area contributed by atoms with E-state index in [1.54, 1.807) is 0 Å². The van der Waals surface area contributed by atoms with Crippen LogP contribution in [0.2, 0.25) is 0 Å². The Bertz CT molecular complexity index is 230. The SMILES string of the molecule is CCCNC1(CO)CCC(N(C)C2CC2)C1. The van der Waals surface area contributed by atoms with E-state index in [4.69, 9.17) is 0 Å². The molecule has 0 amide bonds. The van der Waals surface area contributed by atoms with Crippen LogP contribution in [-0.4, -0.2) is 47.8 Å². The average molecular weight is 226 g/mol. The van der Waals surface area contributed by atoms with E-state index in [2.05, 4.69) is 24.2 Å². The number of aliphatic hydroxyl groups is 1. The fourth-order valence-electron chi connectivity index (χ4n) is 2.98. The number of rotatable bonds is 6. The molecule has 0 aromatic heterocycles. The largest absolute Gasteiger partial charge is 0.394 e. The molecule has 0 spiro atoms. The summed E-state index contributed by atoms with van der Waals surface area (Å²) >= 11 is 0. The van der Waals surface area contributed by atoms with Crippen LogP contribution < -0.4 is 5.32 Å². The first-order valence-electron chi connectivity index (χ1n) is 6.78. The van der Waals surface area contributed by atoms with E-state index in [-0.39, 0.29) is 5.54 Å². The van der Waals surface area contributed by atoms with E-state index in [1.807, 2.05) is 0 Å². The average Bonchev–Trinajstić information content (AvgIpc) is 3.07. The van der Waals surface area contributed by atoms with E-state index in [1.165, 1.54) is 19.3 Å². The molecule has 2 N–H and O–H groups in total. The second-order valence-corrected chi connectivity index (χ2v) is 5.66. The van der Waals surface area contributed by atoms with Gasteiger partial charge < -0.3 is 15.3 Å². The molecule has 2 rings (SSSR count). The van der Waals surface area contributed by atoms with Crippen molar-refractivity contribution in [1.82, 2.24) is 10.2 Å². The van der Waals surface area contributed by atoms with Crippen molar-refractivity contribution in [2.75, 3.05) is 20.2 Å². The highest BCUT2D eigenvalue weighted by molar-refractivity contribution is 5.01. The van der Waals surface area contributed by atoms with Crippen molar-refractivity contribution in [2.24, 2.45) is 0 Å². The summed E-state index contributed by atoms with van der Waals surface area (Å²) in [4.78, 5) is 2.55. The Balaban J connectivity index is 1.87. The molecule has 2 aliphatic carbocycles. The molecular weight excluding hydrogens is 200 g/mol. The third-order valence-corrected chi connectivity index (χ3v) is 4.33. The Morgan fingerprint density at radius 1 is 1.31 bits per heavy atom. The first kappa shape index (κ1) is 12.3. The minimum Gasteiger partial charge on any atom is -0.394 e. The molecule has 0 saturated heterocycles. The number of nitrogens with one attached hydrogen (secondary N) is 1. The lowest BCUT2D eigenvalue weighted by molar-refractivity contribution is 0.149. The van der Waals surface area contributed by atoms with Crippen molar-refractivity contribution in [3.63, 3.8) is 0 Å². The number of hydrogen-bond acceptors (Lipinski definition) is 3. The van der Waals surface area contributed by atoms with Crippen LogP contribution in [-0.2, 0) is 0 Å². The predicted molar refractivity (Wildman–Crippen MR) is 66.5 cm³/mol. The lowest BCUT2D eigenvalue weighted by atomic mass is 9.98. The Morgan fingerprint density at radius 2 is 2.06 bits per heavy atom. The molecule has 0 aromatic rings. The van der Waals surface area contributed by atoms with Crippen LogP contribution >= 0.6 is 0 Å². The Labute approximate surface area is 99.2 Å². The maximum atomic E-state index is 9.62. The van der Waals surface area contributed by atoms with Gasteiger partial charge in [0.15, 0.2) is 0 Å². The molecule has 16 heavy (non-hydrogen) atoms. The molecule has 3 heteroatoms. The summed E-state index contributed by atoms with van der Waals surface area (Å²) < 4.78 is 0. The van der Waals surface area contributed by atoms with Gasteiger partial charge in [-0.3, -0.25) is 0 Å². The van der Waals surface area contributed by atoms with Crippen molar-refractivity contribution >= 4 is 0 Å². The second kappa shape index (κ2) is 5.03. The van der Waals surface area contributed by atoms with Crippen LogP contribution in [0.15, 0.2) is 0 Å². The van der Waals surface area contributed by atoms with Gasteiger partial charge in [0.2, 0.25) is 0 Å². The fourth-order valence-corrected chi connectivity index (χ4v) is 2.98. The van der Waals surface area contributed by atoms with Gasteiger partial charge in [-0.25, -0.2) is 0 Å². The van der Waals surface area contributed by atoms with Gasteiger partial charge in [-0.15, -0.1) is 0 Å². The Morgan fingerprint density at radius 3 is 2.62 bits per heavy atom. The molecule has 94 valence electrons. The van der Waals surface area contributed by atoms with Crippen molar-refractivity contribution < 1.29 is 5.11 Å². The summed E-state index contributed by atoms with van der Waals surface area (Å²) in [6, 6.07) is 1.52. The summed E-state index contributed by atoms with van der Waals surface area (Å²) in [5.41, 5.74) is 0.0177. The molecule has 2 atom stereocenters. The summed E-state index contributed by atoms with van der Waals surface area (Å²) in [7, 11) is 2.26. The third kappa shape index (κ3) is 2.58. The topological polar surface area (TPSA) is 35.5 Å². The number of nitrogens with zero attached hydrogens (tertiary/aromatic N) is 1. The lowest BCUT2D eigenvalue weighted by Crippen LogP contribution is -2.48. The smallest absolute Gasteiger partial charge is 0.0613 e. The van der Waals surface area contributed by atoms with Crippen LogP contribution in [0, 0.1) is 0 Å². The standard InChI is InChI=1S/C13H26N2O/c1-3-8-14-13(10-16)7-6-12(9-13)15(2)11-4-5-11/h11-12,14,16H,3-10H2,1-2H3. The molecule has 0 bridgehead atoms. The fraction of sp³-hybridized carbons (Fsp3) is 1.00. The summed E-state index contributed by atoms with van der Waals surface area (Å²) in [5.74, 6) is 0. The minimum absolute atomic E-state index is 0.0177. The van der Waals surface area contributed by atoms with Gasteiger partial charge in [-0.2, -0.15) is 0 Å². The van der Waals surface area contributed by atoms with Gasteiger partial charge in [0.1, 0.15) is 0 Å². The van der Waals surface area contributed by atoms with Crippen molar-refractivity contribution in [3.05, 3.63) is 0 Å². The van der Waals surface area contributed by atoms with E-state index in [0.29, 0.717) is 12.6 Å². The quantitative estimate of drug-likeness (QED) is 0.718. The van der Waals surface area contributed by atoms with E-state index < -0.39 is 0 Å². The molecule has 0 heterocycles. The van der Waals surface area contributed by atoms with Gasteiger partial charge in [-0.1, -0.05) is 6.92 Å². The molecule has 3 nitrogen and oxygen atoms in total. The highest BCUT2D eigenvalue weighted by atomic mass is 16.3. The van der Waals surface area contributed by atoms with E-state index in [9.17, 15) is 5.11 Å². The van der Waals surface area contributed by atoms with Crippen LogP contribution in [0.1, 0.15) is 45.4 Å². The maximum Gasteiger partial charge on any atom is 0.0613 e. The molecule has 0 aromatic carbocycles. The summed E-state index contributed by atoms with van der Waals surface area (Å²) in [6.07, 6.45) is 7.39. The van der Waals surface area contributed by atoms with Gasteiger partial charge in [0, 0.05) is 17.6 Å². The zero-order valence-electron chi connectivity index (χ0n) is 10.7. The van der Waals surface area contributed by atoms with Gasteiger partial charge in [0.05, 0.1) is 6.61 Å². The normalized spacial score (nSPS) is 34.9. The molecule has 2 fully saturated rings. The second-order valence-electron chi connectivity index (χ2n) is 5.66. The molecule has 0 radical (unpaired) electrons. The van der Waals surface area contributed by atoms with Gasteiger partial charge in [-0.05, 0) is 52.1 Å². The summed E-state index contributed by atoms with van der Waals surface area (Å²) in [6.45, 7) is 3.50. The van der Waals surface area contributed by atoms with Crippen LogP contribution in [0.4, 0.5) is 0 Å². The highest BCUT2D eigenvalue weighted by Crippen LogP contribution is 2.37. The van der Waals surface area contributed by atoms with E-state index in [0.717, 1.165) is 31.8 Å². The van der Waals surface area contributed by atoms with Gasteiger partial charge in [0.25, 0.3) is 0 Å². The number of aliphatic hydroxyl groups excluding tert-OH is 1. The zero-order chi connectivity index (χ0) is 11.6. The molecule has 2 aliphatic rings. The van der Waals surface area contributed by atoms with Crippen LogP contribution in [0.5, 0.6) is 0 Å². The van der Waals surface area contributed by atoms with Crippen molar-refractivity contribution in [1.29, 1.82) is 0 Å². The highest BCUT2D eigenvalue weighted by Gasteiger charge is 2.42. The molecular formula is C13H26N2O. The van der Waals surface area contributed by atoms with Crippen molar-refractivity contribution in [3.8, 4) is 0 Å². The third-order valence-electron chi connectivity index (χ3n) is 4.33. The predicted octanol–water partition coefficient (Wildman–Crippen LogP) is 1.36. The summed E-state index contributed by atoms with van der Waals surface area (Å²) in [5, 5.41) is 13.2. The van der Waals surface area contributed by atoms with Crippen molar-refractivity contribution in [2.45, 2.75) is 63.1 Å². The molecule has 2 saturated carbocycles. The Hall–Kier alpha value is -0.120. The van der Waals surface area contributed by atoms with E-state index >= 15 is 0 Å². The first-order valence-corrected chi connectivity index (χ1v) is 6.78. The first-order chi connectivity index (χ1) is 7.71. The minimum atomic E-state index is 0.0177. The van der Waals surface area contributed by atoms with Crippen LogP contribution in [0.3, 0.4) is 0 Å². The van der Waals surface area contributed by atoms with Gasteiger partial charge >= 0.3 is 0 Å². The molecule has 2 unspecified atom stereocenters. The zero-order valence-corrected chi connectivity index (χ0v) is 10.7. The monoisotopic (exact) mass is 226 g/mol.